The minimum absolute atomic E-state index is 1.08. The van der Waals surface area contributed by atoms with Gasteiger partial charge >= 0.3 is 0 Å². The summed E-state index contributed by atoms with van der Waals surface area (Å²) in [5.41, 5.74) is 0. The molecule has 0 atom stereocenters. The van der Waals surface area contributed by atoms with E-state index in [-0.39, 0.29) is 0 Å². The zero-order valence-corrected chi connectivity index (χ0v) is 5.82. The molecule has 0 saturated heterocycles. The molecule has 0 aromatic heterocycles. The first-order chi connectivity index (χ1) is 3.91. The lowest BCUT2D eigenvalue weighted by Gasteiger charge is -1.93. The van der Waals surface area contributed by atoms with Crippen LogP contribution in [0.25, 0.3) is 0 Å². The highest BCUT2D eigenvalue weighted by Crippen LogP contribution is 2.01. The van der Waals surface area contributed by atoms with E-state index < -0.39 is 0 Å². The summed E-state index contributed by atoms with van der Waals surface area (Å²) in [6, 6.07) is 0. The van der Waals surface area contributed by atoms with Gasteiger partial charge in [-0.25, -0.2) is 0 Å². The highest BCUT2D eigenvalue weighted by molar-refractivity contribution is 4.62. The second-order valence-electron chi connectivity index (χ2n) is 2.07. The molecule has 0 aromatic carbocycles. The fourth-order valence-corrected chi connectivity index (χ4v) is 0.637. The molecule has 0 heteroatoms. The van der Waals surface area contributed by atoms with Crippen molar-refractivity contribution in [2.75, 3.05) is 0 Å². The molecular weight excluding hydrogens is 96.1 g/mol. The summed E-state index contributed by atoms with van der Waals surface area (Å²) < 4.78 is 0. The van der Waals surface area contributed by atoms with Crippen molar-refractivity contribution < 1.29 is 0 Å². The molecule has 0 N–H and O–H groups in total. The van der Waals surface area contributed by atoms with E-state index in [1.807, 2.05) is 0 Å². The van der Waals surface area contributed by atoms with Gasteiger partial charge in [0, 0.05) is 0 Å². The Kier molecular flexibility index (Phi) is 7.00. The first-order valence-corrected chi connectivity index (χ1v) is 3.52. The molecule has 0 bridgehead atoms. The van der Waals surface area contributed by atoms with Crippen molar-refractivity contribution >= 4 is 0 Å². The number of hydrogen-bond acceptors (Lipinski definition) is 0. The Morgan fingerprint density at radius 2 is 2.12 bits per heavy atom. The van der Waals surface area contributed by atoms with Gasteiger partial charge in [0.05, 0.1) is 0 Å². The van der Waals surface area contributed by atoms with Crippen LogP contribution >= 0.6 is 0 Å². The Morgan fingerprint density at radius 3 is 2.62 bits per heavy atom. The minimum atomic E-state index is 1.08. The van der Waals surface area contributed by atoms with Gasteiger partial charge in [-0.3, -0.25) is 0 Å². The number of unbranched alkanes of at least 4 members (excludes halogenated alkanes) is 5. The van der Waals surface area contributed by atoms with E-state index in [2.05, 4.69) is 20.3 Å². The molecule has 0 aliphatic rings. The van der Waals surface area contributed by atoms with Gasteiger partial charge in [0.15, 0.2) is 0 Å². The number of hydrogen-bond donors (Lipinski definition) is 0. The van der Waals surface area contributed by atoms with Crippen molar-refractivity contribution in [3.63, 3.8) is 0 Å². The molecule has 0 aromatic rings. The number of rotatable bonds is 5. The van der Waals surface area contributed by atoms with Gasteiger partial charge in [-0.1, -0.05) is 46.0 Å². The van der Waals surface area contributed by atoms with Gasteiger partial charge in [0.2, 0.25) is 0 Å². The van der Waals surface area contributed by atoms with Crippen LogP contribution in [0.5, 0.6) is 0 Å². The average Bonchev–Trinajstić information content (AvgIpc) is 1.81. The summed E-state index contributed by atoms with van der Waals surface area (Å²) >= 11 is 0. The predicted molar refractivity (Wildman–Crippen MR) is 38.4 cm³/mol. The quantitative estimate of drug-likeness (QED) is 0.479. The lowest BCUT2D eigenvalue weighted by atomic mass is 10.1. The monoisotopic (exact) mass is 112 g/mol. The first-order valence-electron chi connectivity index (χ1n) is 3.52. The maximum atomic E-state index is 3.76. The lowest BCUT2D eigenvalue weighted by Crippen LogP contribution is -1.75. The van der Waals surface area contributed by atoms with Gasteiger partial charge in [0.1, 0.15) is 0 Å². The van der Waals surface area contributed by atoms with E-state index in [0.29, 0.717) is 0 Å². The van der Waals surface area contributed by atoms with Crippen LogP contribution in [0.3, 0.4) is 0 Å². The highest BCUT2D eigenvalue weighted by atomic mass is 13.9. The van der Waals surface area contributed by atoms with Crippen molar-refractivity contribution in [3.05, 3.63) is 13.3 Å². The molecule has 8 heavy (non-hydrogen) atoms. The summed E-state index contributed by atoms with van der Waals surface area (Å²) in [7, 11) is 0. The van der Waals surface area contributed by atoms with Crippen LogP contribution in [-0.2, 0) is 0 Å². The van der Waals surface area contributed by atoms with Crippen LogP contribution in [0.2, 0.25) is 0 Å². The Labute approximate surface area is 53.3 Å². The van der Waals surface area contributed by atoms with Crippen LogP contribution < -0.4 is 0 Å². The van der Waals surface area contributed by atoms with Gasteiger partial charge in [0.25, 0.3) is 0 Å². The SMILES string of the molecule is [CH2]CCC[CH]CCC. The first kappa shape index (κ1) is 8.00. The van der Waals surface area contributed by atoms with Crippen LogP contribution in [0.1, 0.15) is 39.0 Å². The van der Waals surface area contributed by atoms with E-state index in [4.69, 9.17) is 0 Å². The normalized spacial score (nSPS) is 9.75. The molecule has 0 amide bonds. The Hall–Kier alpha value is 0. The van der Waals surface area contributed by atoms with Crippen LogP contribution in [0, 0.1) is 13.3 Å². The van der Waals surface area contributed by atoms with Gasteiger partial charge < -0.3 is 0 Å². The third-order valence-corrected chi connectivity index (χ3v) is 1.15. The third kappa shape index (κ3) is 6.00. The summed E-state index contributed by atoms with van der Waals surface area (Å²) in [5, 5.41) is 0. The summed E-state index contributed by atoms with van der Waals surface area (Å²) in [6.07, 6.45) is 8.53. The van der Waals surface area contributed by atoms with Crippen molar-refractivity contribution in [1.29, 1.82) is 0 Å². The third-order valence-electron chi connectivity index (χ3n) is 1.15. The van der Waals surface area contributed by atoms with Crippen molar-refractivity contribution in [1.82, 2.24) is 0 Å². The molecular formula is C8H16. The Bertz CT molecular complexity index is 25.0. The molecule has 0 nitrogen and oxygen atoms in total. The van der Waals surface area contributed by atoms with Crippen molar-refractivity contribution in [2.24, 2.45) is 0 Å². The van der Waals surface area contributed by atoms with Crippen molar-refractivity contribution in [3.8, 4) is 0 Å². The zero-order chi connectivity index (χ0) is 6.24. The standard InChI is InChI=1S/C8H16/c1-3-5-7-8-6-4-2/h8H,1,3-7H2,2H3. The Balaban J connectivity index is 2.53. The molecule has 0 saturated carbocycles. The molecule has 48 valence electrons. The minimum Gasteiger partial charge on any atom is -0.0654 e. The highest BCUT2D eigenvalue weighted by Gasteiger charge is 1.83. The molecule has 2 radical (unpaired) electrons. The molecule has 0 heterocycles. The molecule has 0 spiro atoms. The summed E-state index contributed by atoms with van der Waals surface area (Å²) in [5.74, 6) is 0. The van der Waals surface area contributed by atoms with Crippen molar-refractivity contribution in [2.45, 2.75) is 39.0 Å². The maximum absolute atomic E-state index is 3.76. The Morgan fingerprint density at radius 1 is 1.38 bits per heavy atom. The topological polar surface area (TPSA) is 0 Å². The maximum Gasteiger partial charge on any atom is -0.0386 e. The average molecular weight is 112 g/mol. The van der Waals surface area contributed by atoms with E-state index >= 15 is 0 Å². The molecule has 0 rings (SSSR count). The zero-order valence-electron chi connectivity index (χ0n) is 5.82. The van der Waals surface area contributed by atoms with Gasteiger partial charge in [-0.05, 0) is 6.42 Å². The largest absolute Gasteiger partial charge is 0.0654 e. The molecule has 0 aliphatic carbocycles. The van der Waals surface area contributed by atoms with E-state index in [1.165, 1.54) is 25.7 Å². The van der Waals surface area contributed by atoms with Gasteiger partial charge in [-0.15, -0.1) is 0 Å². The molecule has 0 fully saturated rings. The fraction of sp³-hybridized carbons (Fsp3) is 0.750. The van der Waals surface area contributed by atoms with Crippen LogP contribution in [0.4, 0.5) is 0 Å². The van der Waals surface area contributed by atoms with E-state index in [9.17, 15) is 0 Å². The molecule has 0 unspecified atom stereocenters. The smallest absolute Gasteiger partial charge is 0.0386 e. The van der Waals surface area contributed by atoms with Crippen LogP contribution in [0.15, 0.2) is 0 Å². The van der Waals surface area contributed by atoms with Gasteiger partial charge in [-0.2, -0.15) is 0 Å². The summed E-state index contributed by atoms with van der Waals surface area (Å²) in [6.45, 7) is 5.97. The fourth-order valence-electron chi connectivity index (χ4n) is 0.637. The second-order valence-corrected chi connectivity index (χ2v) is 2.07. The predicted octanol–water partition coefficient (Wildman–Crippen LogP) is 3.00. The van der Waals surface area contributed by atoms with Crippen LogP contribution in [-0.4, -0.2) is 0 Å². The second kappa shape index (κ2) is 7.00. The summed E-state index contributed by atoms with van der Waals surface area (Å²) in [4.78, 5) is 0. The van der Waals surface area contributed by atoms with E-state index in [0.717, 1.165) is 6.42 Å². The molecule has 0 aliphatic heterocycles. The lowest BCUT2D eigenvalue weighted by molar-refractivity contribution is 0.761. The van der Waals surface area contributed by atoms with E-state index in [1.54, 1.807) is 0 Å².